The van der Waals surface area contributed by atoms with Crippen LogP contribution >= 0.6 is 12.4 Å². The molecule has 28 heavy (non-hydrogen) atoms. The number of sulfonamides is 1. The third kappa shape index (κ3) is 6.65. The first-order valence-corrected chi connectivity index (χ1v) is 10.1. The summed E-state index contributed by atoms with van der Waals surface area (Å²) in [5.41, 5.74) is 1.02. The number of hydrogen-bond donors (Lipinski definition) is 3. The van der Waals surface area contributed by atoms with Gasteiger partial charge in [0, 0.05) is 12.6 Å². The molecule has 0 heterocycles. The van der Waals surface area contributed by atoms with E-state index >= 15 is 0 Å². The first kappa shape index (κ1) is 24.2. The molecule has 0 aliphatic rings. The molecule has 0 saturated heterocycles. The molecule has 0 aliphatic carbocycles. The number of hydrogen-bond acceptors (Lipinski definition) is 6. The molecular formula is C19H27ClN2O5S. The van der Waals surface area contributed by atoms with Gasteiger partial charge in [0.05, 0.1) is 18.1 Å². The maximum atomic E-state index is 11.6. The summed E-state index contributed by atoms with van der Waals surface area (Å²) in [6.45, 7) is 4.20. The molecule has 2 aromatic carbocycles. The molecule has 2 unspecified atom stereocenters. The van der Waals surface area contributed by atoms with Gasteiger partial charge in [-0.2, -0.15) is 0 Å². The summed E-state index contributed by atoms with van der Waals surface area (Å²) < 4.78 is 34.2. The Morgan fingerprint density at radius 3 is 2.43 bits per heavy atom. The van der Waals surface area contributed by atoms with Gasteiger partial charge in [0.25, 0.3) is 0 Å². The van der Waals surface area contributed by atoms with Gasteiger partial charge in [-0.3, -0.25) is 0 Å². The summed E-state index contributed by atoms with van der Waals surface area (Å²) in [6, 6.07) is 12.0. The van der Waals surface area contributed by atoms with E-state index in [9.17, 15) is 13.5 Å². The molecule has 7 nitrogen and oxygen atoms in total. The van der Waals surface area contributed by atoms with Gasteiger partial charge in [0.1, 0.15) is 6.61 Å². The van der Waals surface area contributed by atoms with Gasteiger partial charge in [-0.05, 0) is 43.2 Å². The number of aliphatic hydroxyl groups excluding tert-OH is 1. The minimum absolute atomic E-state index is 0. The Kier molecular flexibility index (Phi) is 9.19. The number of nitrogens with one attached hydrogen (secondary N) is 1. The van der Waals surface area contributed by atoms with E-state index in [0.717, 1.165) is 0 Å². The van der Waals surface area contributed by atoms with Gasteiger partial charge in [0.2, 0.25) is 10.0 Å². The number of benzene rings is 2. The quantitative estimate of drug-likeness (QED) is 0.562. The molecule has 0 aromatic heterocycles. The van der Waals surface area contributed by atoms with Crippen molar-refractivity contribution in [2.24, 2.45) is 5.14 Å². The number of halogens is 1. The van der Waals surface area contributed by atoms with Gasteiger partial charge < -0.3 is 19.9 Å². The van der Waals surface area contributed by atoms with E-state index in [1.807, 2.05) is 31.2 Å². The Morgan fingerprint density at radius 2 is 1.82 bits per heavy atom. The van der Waals surface area contributed by atoms with E-state index in [2.05, 4.69) is 5.32 Å². The van der Waals surface area contributed by atoms with E-state index in [1.54, 1.807) is 26.2 Å². The first-order valence-electron chi connectivity index (χ1n) is 8.53. The smallest absolute Gasteiger partial charge is 0.238 e. The number of aliphatic hydroxyl groups is 1. The predicted octanol–water partition coefficient (Wildman–Crippen LogP) is 2.16. The lowest BCUT2D eigenvalue weighted by Gasteiger charge is -2.19. The van der Waals surface area contributed by atoms with E-state index < -0.39 is 16.1 Å². The van der Waals surface area contributed by atoms with Gasteiger partial charge in [-0.1, -0.05) is 24.3 Å². The topological polar surface area (TPSA) is 111 Å². The van der Waals surface area contributed by atoms with Crippen LogP contribution in [-0.4, -0.2) is 39.8 Å². The summed E-state index contributed by atoms with van der Waals surface area (Å²) >= 11 is 0. The molecule has 2 atom stereocenters. The first-order chi connectivity index (χ1) is 12.7. The molecule has 2 rings (SSSR count). The highest BCUT2D eigenvalue weighted by Gasteiger charge is 2.16. The largest absolute Gasteiger partial charge is 0.493 e. The number of para-hydroxylation sites is 2. The molecule has 0 fully saturated rings. The highest BCUT2D eigenvalue weighted by molar-refractivity contribution is 7.89. The fourth-order valence-corrected chi connectivity index (χ4v) is 3.39. The molecule has 9 heteroatoms. The predicted molar refractivity (Wildman–Crippen MR) is 111 cm³/mol. The minimum Gasteiger partial charge on any atom is -0.493 e. The fraction of sp³-hybridized carbons (Fsp3) is 0.368. The van der Waals surface area contributed by atoms with Gasteiger partial charge >= 0.3 is 0 Å². The van der Waals surface area contributed by atoms with Crippen molar-refractivity contribution in [3.05, 3.63) is 53.6 Å². The van der Waals surface area contributed by atoms with Crippen LogP contribution < -0.4 is 19.9 Å². The maximum absolute atomic E-state index is 11.6. The number of ether oxygens (including phenoxy) is 2. The van der Waals surface area contributed by atoms with Crippen molar-refractivity contribution in [2.75, 3.05) is 20.3 Å². The van der Waals surface area contributed by atoms with E-state index in [0.29, 0.717) is 29.2 Å². The lowest BCUT2D eigenvalue weighted by Crippen LogP contribution is -2.35. The SMILES string of the molecule is COc1ccccc1OCC(C)NCC(O)c1ccc(C)c(S(N)(=O)=O)c1.Cl. The number of primary sulfonamides is 1. The van der Waals surface area contributed by atoms with Gasteiger partial charge in [-0.15, -0.1) is 12.4 Å². The Morgan fingerprint density at radius 1 is 1.18 bits per heavy atom. The van der Waals surface area contributed by atoms with E-state index in [-0.39, 0.29) is 29.9 Å². The van der Waals surface area contributed by atoms with Crippen LogP contribution in [-0.2, 0) is 10.0 Å². The molecular weight excluding hydrogens is 404 g/mol. The van der Waals surface area contributed by atoms with Crippen molar-refractivity contribution in [3.8, 4) is 11.5 Å². The summed E-state index contributed by atoms with van der Waals surface area (Å²) in [5.74, 6) is 1.30. The third-order valence-corrected chi connectivity index (χ3v) is 5.17. The molecule has 0 bridgehead atoms. The second kappa shape index (κ2) is 10.6. The Labute approximate surface area is 172 Å². The third-order valence-electron chi connectivity index (χ3n) is 4.12. The van der Waals surface area contributed by atoms with Crippen LogP contribution in [0.1, 0.15) is 24.2 Å². The molecule has 0 spiro atoms. The van der Waals surface area contributed by atoms with Crippen molar-refractivity contribution in [1.82, 2.24) is 5.32 Å². The minimum atomic E-state index is -3.83. The van der Waals surface area contributed by atoms with Crippen molar-refractivity contribution >= 4 is 22.4 Å². The highest BCUT2D eigenvalue weighted by atomic mass is 35.5. The van der Waals surface area contributed by atoms with E-state index in [1.165, 1.54) is 6.07 Å². The molecule has 0 aliphatic heterocycles. The zero-order valence-electron chi connectivity index (χ0n) is 16.1. The molecule has 0 radical (unpaired) electrons. The molecule has 156 valence electrons. The number of rotatable bonds is 9. The Bertz CT molecular complexity index is 876. The lowest BCUT2D eigenvalue weighted by molar-refractivity contribution is 0.163. The second-order valence-corrected chi connectivity index (χ2v) is 7.89. The van der Waals surface area contributed by atoms with Crippen LogP contribution in [0.5, 0.6) is 11.5 Å². The summed E-state index contributed by atoms with van der Waals surface area (Å²) in [4.78, 5) is 0.0200. The van der Waals surface area contributed by atoms with Gasteiger partial charge in [-0.25, -0.2) is 13.6 Å². The van der Waals surface area contributed by atoms with Crippen LogP contribution in [0, 0.1) is 6.92 Å². The zero-order chi connectivity index (χ0) is 20.0. The van der Waals surface area contributed by atoms with Crippen LogP contribution in [0.25, 0.3) is 0 Å². The van der Waals surface area contributed by atoms with Crippen molar-refractivity contribution in [3.63, 3.8) is 0 Å². The number of methoxy groups -OCH3 is 1. The van der Waals surface area contributed by atoms with Crippen LogP contribution in [0.15, 0.2) is 47.4 Å². The average molecular weight is 431 g/mol. The highest BCUT2D eigenvalue weighted by Crippen LogP contribution is 2.26. The second-order valence-electron chi connectivity index (χ2n) is 6.36. The maximum Gasteiger partial charge on any atom is 0.238 e. The number of nitrogens with two attached hydrogens (primary N) is 1. The van der Waals surface area contributed by atoms with Crippen molar-refractivity contribution in [1.29, 1.82) is 0 Å². The molecule has 0 amide bonds. The summed E-state index contributed by atoms with van der Waals surface area (Å²) in [7, 11) is -2.25. The standard InChI is InChI=1S/C19H26N2O5S.ClH/c1-13-8-9-15(10-19(13)27(20,23)24)16(22)11-21-14(2)12-26-18-7-5-4-6-17(18)25-3;/h4-10,14,16,21-22H,11-12H2,1-3H3,(H2,20,23,24);1H. The Balaban J connectivity index is 0.00000392. The van der Waals surface area contributed by atoms with E-state index in [4.69, 9.17) is 14.6 Å². The normalized spacial score (nSPS) is 13.3. The fourth-order valence-electron chi connectivity index (χ4n) is 2.57. The Hall–Kier alpha value is -1.84. The lowest BCUT2D eigenvalue weighted by atomic mass is 10.1. The molecule has 0 saturated carbocycles. The van der Waals surface area contributed by atoms with Gasteiger partial charge in [0.15, 0.2) is 11.5 Å². The average Bonchev–Trinajstić information content (AvgIpc) is 2.64. The zero-order valence-corrected chi connectivity index (χ0v) is 17.7. The van der Waals surface area contributed by atoms with Crippen LogP contribution in [0.3, 0.4) is 0 Å². The van der Waals surface area contributed by atoms with Crippen molar-refractivity contribution in [2.45, 2.75) is 30.9 Å². The van der Waals surface area contributed by atoms with Crippen LogP contribution in [0.2, 0.25) is 0 Å². The summed E-state index contributed by atoms with van der Waals surface area (Å²) in [5, 5.41) is 18.7. The number of aryl methyl sites for hydroxylation is 1. The molecule has 2 aromatic rings. The molecule has 4 N–H and O–H groups in total. The van der Waals surface area contributed by atoms with Crippen molar-refractivity contribution < 1.29 is 23.0 Å². The monoisotopic (exact) mass is 430 g/mol. The van der Waals surface area contributed by atoms with Crippen LogP contribution in [0.4, 0.5) is 0 Å². The summed E-state index contributed by atoms with van der Waals surface area (Å²) in [6.07, 6.45) is -0.875.